The van der Waals surface area contributed by atoms with Crippen molar-refractivity contribution in [3.8, 4) is 0 Å². The van der Waals surface area contributed by atoms with Gasteiger partial charge in [0.15, 0.2) is 0 Å². The summed E-state index contributed by atoms with van der Waals surface area (Å²) < 4.78 is 5.18. The first kappa shape index (κ1) is 19.2. The van der Waals surface area contributed by atoms with Crippen LogP contribution >= 0.6 is 0 Å². The second kappa shape index (κ2) is 10.0. The second-order valence-corrected chi connectivity index (χ2v) is 6.59. The van der Waals surface area contributed by atoms with Gasteiger partial charge in [-0.05, 0) is 52.5 Å². The zero-order valence-corrected chi connectivity index (χ0v) is 14.2. The van der Waals surface area contributed by atoms with Gasteiger partial charge in [0.1, 0.15) is 5.60 Å². The highest BCUT2D eigenvalue weighted by molar-refractivity contribution is 5.67. The van der Waals surface area contributed by atoms with Crippen molar-refractivity contribution in [2.75, 3.05) is 13.1 Å². The smallest absolute Gasteiger partial charge is 0.407 e. The largest absolute Gasteiger partial charge is 0.444 e. The molecular formula is C16H34N2O2. The molecule has 0 aliphatic rings. The molecule has 2 atom stereocenters. The quantitative estimate of drug-likeness (QED) is 0.635. The molecule has 0 spiro atoms. The molecule has 0 heterocycles. The summed E-state index contributed by atoms with van der Waals surface area (Å²) in [4.78, 5) is 11.4. The molecule has 0 saturated heterocycles. The third-order valence-corrected chi connectivity index (χ3v) is 3.33. The number of carbonyl (C=O) groups is 1. The fourth-order valence-corrected chi connectivity index (χ4v) is 1.95. The molecule has 0 radical (unpaired) electrons. The third-order valence-electron chi connectivity index (χ3n) is 3.33. The van der Waals surface area contributed by atoms with Gasteiger partial charge in [0, 0.05) is 12.6 Å². The van der Waals surface area contributed by atoms with E-state index in [0.717, 1.165) is 25.3 Å². The highest BCUT2D eigenvalue weighted by atomic mass is 16.6. The maximum atomic E-state index is 11.4. The van der Waals surface area contributed by atoms with Crippen LogP contribution in [0.4, 0.5) is 4.79 Å². The van der Waals surface area contributed by atoms with Gasteiger partial charge in [-0.3, -0.25) is 0 Å². The highest BCUT2D eigenvalue weighted by Crippen LogP contribution is 2.11. The monoisotopic (exact) mass is 286 g/mol. The van der Waals surface area contributed by atoms with E-state index in [-0.39, 0.29) is 6.09 Å². The van der Waals surface area contributed by atoms with Crippen LogP contribution in [0.15, 0.2) is 0 Å². The number of hydrogen-bond acceptors (Lipinski definition) is 3. The Balaban J connectivity index is 3.67. The number of ether oxygens (including phenoxy) is 1. The van der Waals surface area contributed by atoms with E-state index < -0.39 is 5.60 Å². The van der Waals surface area contributed by atoms with Gasteiger partial charge >= 0.3 is 6.09 Å². The van der Waals surface area contributed by atoms with Crippen LogP contribution in [0.5, 0.6) is 0 Å². The molecule has 2 N–H and O–H groups in total. The lowest BCUT2D eigenvalue weighted by Crippen LogP contribution is -2.35. The van der Waals surface area contributed by atoms with Crippen LogP contribution in [0.1, 0.15) is 67.2 Å². The molecule has 0 saturated carbocycles. The Hall–Kier alpha value is -0.770. The SMILES string of the molecule is CCC(C)CC(CC)NCCCNC(=O)OC(C)(C)C. The van der Waals surface area contributed by atoms with Crippen LogP contribution in [0.2, 0.25) is 0 Å². The summed E-state index contributed by atoms with van der Waals surface area (Å²) in [5, 5.41) is 6.35. The molecule has 0 aliphatic heterocycles. The summed E-state index contributed by atoms with van der Waals surface area (Å²) in [5.41, 5.74) is -0.425. The molecule has 0 fully saturated rings. The van der Waals surface area contributed by atoms with Gasteiger partial charge in [0.25, 0.3) is 0 Å². The fourth-order valence-electron chi connectivity index (χ4n) is 1.95. The predicted octanol–water partition coefficient (Wildman–Crippen LogP) is 3.71. The van der Waals surface area contributed by atoms with Gasteiger partial charge < -0.3 is 15.4 Å². The molecule has 4 nitrogen and oxygen atoms in total. The van der Waals surface area contributed by atoms with Gasteiger partial charge in [-0.2, -0.15) is 0 Å². The normalized spacial score (nSPS) is 14.7. The van der Waals surface area contributed by atoms with E-state index in [0.29, 0.717) is 12.6 Å². The van der Waals surface area contributed by atoms with Crippen LogP contribution in [-0.4, -0.2) is 30.8 Å². The van der Waals surface area contributed by atoms with Crippen molar-refractivity contribution in [2.24, 2.45) is 5.92 Å². The average molecular weight is 286 g/mol. The lowest BCUT2D eigenvalue weighted by Gasteiger charge is -2.21. The Kier molecular flexibility index (Phi) is 9.64. The Morgan fingerprint density at radius 3 is 2.30 bits per heavy atom. The van der Waals surface area contributed by atoms with E-state index in [2.05, 4.69) is 31.4 Å². The molecule has 4 heteroatoms. The maximum absolute atomic E-state index is 11.4. The van der Waals surface area contributed by atoms with Crippen molar-refractivity contribution in [1.29, 1.82) is 0 Å². The van der Waals surface area contributed by atoms with Crippen molar-refractivity contribution < 1.29 is 9.53 Å². The summed E-state index contributed by atoms with van der Waals surface area (Å²) in [6, 6.07) is 0.589. The van der Waals surface area contributed by atoms with Crippen molar-refractivity contribution in [3.05, 3.63) is 0 Å². The fraction of sp³-hybridized carbons (Fsp3) is 0.938. The van der Waals surface area contributed by atoms with Crippen LogP contribution in [0.3, 0.4) is 0 Å². The van der Waals surface area contributed by atoms with E-state index in [1.54, 1.807) is 0 Å². The number of amides is 1. The van der Waals surface area contributed by atoms with Crippen molar-refractivity contribution in [2.45, 2.75) is 78.9 Å². The first-order valence-corrected chi connectivity index (χ1v) is 7.98. The van der Waals surface area contributed by atoms with E-state index in [9.17, 15) is 4.79 Å². The van der Waals surface area contributed by atoms with E-state index >= 15 is 0 Å². The van der Waals surface area contributed by atoms with Crippen molar-refractivity contribution in [3.63, 3.8) is 0 Å². The van der Waals surface area contributed by atoms with E-state index in [1.165, 1.54) is 12.8 Å². The maximum Gasteiger partial charge on any atom is 0.407 e. The standard InChI is InChI=1S/C16H34N2O2/c1-7-13(3)12-14(8-2)17-10-9-11-18-15(19)20-16(4,5)6/h13-14,17H,7-12H2,1-6H3,(H,18,19). The zero-order valence-electron chi connectivity index (χ0n) is 14.2. The molecule has 20 heavy (non-hydrogen) atoms. The van der Waals surface area contributed by atoms with Crippen LogP contribution in [0, 0.1) is 5.92 Å². The molecule has 0 aromatic rings. The number of rotatable bonds is 9. The van der Waals surface area contributed by atoms with Crippen LogP contribution < -0.4 is 10.6 Å². The minimum absolute atomic E-state index is 0.329. The van der Waals surface area contributed by atoms with Crippen molar-refractivity contribution >= 4 is 6.09 Å². The van der Waals surface area contributed by atoms with Crippen molar-refractivity contribution in [1.82, 2.24) is 10.6 Å². The average Bonchev–Trinajstić information content (AvgIpc) is 2.34. The summed E-state index contributed by atoms with van der Waals surface area (Å²) >= 11 is 0. The van der Waals surface area contributed by atoms with Gasteiger partial charge in [-0.1, -0.05) is 27.2 Å². The van der Waals surface area contributed by atoms with E-state index in [1.807, 2.05) is 20.8 Å². The van der Waals surface area contributed by atoms with Gasteiger partial charge in [0.05, 0.1) is 0 Å². The Morgan fingerprint density at radius 1 is 1.15 bits per heavy atom. The first-order valence-electron chi connectivity index (χ1n) is 7.98. The second-order valence-electron chi connectivity index (χ2n) is 6.59. The lowest BCUT2D eigenvalue weighted by molar-refractivity contribution is 0.0527. The third kappa shape index (κ3) is 11.1. The predicted molar refractivity (Wildman–Crippen MR) is 85.0 cm³/mol. The van der Waals surface area contributed by atoms with E-state index in [4.69, 9.17) is 4.74 Å². The zero-order chi connectivity index (χ0) is 15.6. The lowest BCUT2D eigenvalue weighted by atomic mass is 9.98. The summed E-state index contributed by atoms with van der Waals surface area (Å²) in [6.45, 7) is 14.0. The van der Waals surface area contributed by atoms with Gasteiger partial charge in [-0.15, -0.1) is 0 Å². The Labute approximate surface area is 125 Å². The number of alkyl carbamates (subject to hydrolysis) is 1. The summed E-state index contributed by atoms with van der Waals surface area (Å²) in [6.07, 6.45) is 4.22. The first-order chi connectivity index (χ1) is 9.28. The molecule has 0 aromatic heterocycles. The number of hydrogen-bond donors (Lipinski definition) is 2. The minimum atomic E-state index is -0.425. The molecule has 120 valence electrons. The van der Waals surface area contributed by atoms with Crippen LogP contribution in [-0.2, 0) is 4.74 Å². The Bertz CT molecular complexity index is 262. The molecule has 0 rings (SSSR count). The molecule has 0 aliphatic carbocycles. The topological polar surface area (TPSA) is 50.4 Å². The van der Waals surface area contributed by atoms with Gasteiger partial charge in [0.2, 0.25) is 0 Å². The van der Waals surface area contributed by atoms with Gasteiger partial charge in [-0.25, -0.2) is 4.79 Å². The molecule has 2 unspecified atom stereocenters. The van der Waals surface area contributed by atoms with Crippen LogP contribution in [0.25, 0.3) is 0 Å². The molecule has 0 aromatic carbocycles. The summed E-state index contributed by atoms with van der Waals surface area (Å²) in [7, 11) is 0. The highest BCUT2D eigenvalue weighted by Gasteiger charge is 2.15. The number of carbonyl (C=O) groups excluding carboxylic acids is 1. The molecule has 1 amide bonds. The summed E-state index contributed by atoms with van der Waals surface area (Å²) in [5.74, 6) is 0.771. The molecule has 0 bridgehead atoms. The molecular weight excluding hydrogens is 252 g/mol. The Morgan fingerprint density at radius 2 is 1.80 bits per heavy atom. The number of nitrogens with one attached hydrogen (secondary N) is 2. The minimum Gasteiger partial charge on any atom is -0.444 e.